The van der Waals surface area contributed by atoms with Crippen LogP contribution >= 0.6 is 0 Å². The van der Waals surface area contributed by atoms with Crippen LogP contribution in [0.2, 0.25) is 0 Å². The molecule has 0 spiro atoms. The maximum Gasteiger partial charge on any atom is 0.233 e. The van der Waals surface area contributed by atoms with E-state index in [1.165, 1.54) is 5.56 Å². The number of hydrogen-bond donors (Lipinski definition) is 2. The van der Waals surface area contributed by atoms with Crippen LogP contribution in [0.3, 0.4) is 0 Å². The van der Waals surface area contributed by atoms with E-state index in [9.17, 15) is 0 Å². The first-order chi connectivity index (χ1) is 14.7. The van der Waals surface area contributed by atoms with Crippen LogP contribution in [0, 0.1) is 0 Å². The quantitative estimate of drug-likeness (QED) is 0.447. The Labute approximate surface area is 176 Å². The minimum absolute atomic E-state index is 0.505. The zero-order valence-electron chi connectivity index (χ0n) is 17.2. The highest BCUT2D eigenvalue weighted by atomic mass is 15.3. The molecule has 0 saturated carbocycles. The first-order valence-electron chi connectivity index (χ1n) is 10.2. The lowest BCUT2D eigenvalue weighted by atomic mass is 10.2. The summed E-state index contributed by atoms with van der Waals surface area (Å²) in [6, 6.07) is 20.2. The molecule has 2 aromatic carbocycles. The molecular weight excluding hydrogens is 374 g/mol. The summed E-state index contributed by atoms with van der Waals surface area (Å²) in [6.45, 7) is 6.46. The zero-order chi connectivity index (χ0) is 20.8. The molecule has 0 unspecified atom stereocenters. The molecule has 7 heteroatoms. The molecule has 2 aromatic heterocycles. The van der Waals surface area contributed by atoms with Crippen molar-refractivity contribution in [2.75, 3.05) is 28.6 Å². The van der Waals surface area contributed by atoms with Crippen LogP contribution in [0.1, 0.15) is 19.4 Å². The summed E-state index contributed by atoms with van der Waals surface area (Å²) < 4.78 is 0. The molecule has 0 fully saturated rings. The third-order valence-corrected chi connectivity index (χ3v) is 4.82. The van der Waals surface area contributed by atoms with E-state index in [0.29, 0.717) is 24.4 Å². The molecule has 4 aromatic rings. The van der Waals surface area contributed by atoms with Crippen molar-refractivity contribution in [2.45, 2.75) is 20.4 Å². The second kappa shape index (κ2) is 9.17. The summed E-state index contributed by atoms with van der Waals surface area (Å²) in [6.07, 6.45) is 1.79. The maximum absolute atomic E-state index is 4.64. The second-order valence-corrected chi connectivity index (χ2v) is 6.83. The van der Waals surface area contributed by atoms with E-state index in [1.807, 2.05) is 48.5 Å². The van der Waals surface area contributed by atoms with E-state index in [4.69, 9.17) is 0 Å². The number of rotatable bonds is 8. The van der Waals surface area contributed by atoms with Gasteiger partial charge in [-0.3, -0.25) is 4.98 Å². The fourth-order valence-electron chi connectivity index (χ4n) is 3.21. The van der Waals surface area contributed by atoms with Crippen molar-refractivity contribution in [2.24, 2.45) is 0 Å². The Hall–Kier alpha value is -3.74. The average molecular weight is 400 g/mol. The summed E-state index contributed by atoms with van der Waals surface area (Å²) in [5, 5.41) is 7.70. The highest BCUT2D eigenvalue weighted by Crippen LogP contribution is 2.21. The van der Waals surface area contributed by atoms with Gasteiger partial charge in [-0.25, -0.2) is 0 Å². The van der Waals surface area contributed by atoms with Crippen molar-refractivity contribution in [1.82, 2.24) is 19.9 Å². The average Bonchev–Trinajstić information content (AvgIpc) is 2.79. The maximum atomic E-state index is 4.64. The molecule has 0 aliphatic heterocycles. The van der Waals surface area contributed by atoms with Gasteiger partial charge in [-0.15, -0.1) is 0 Å². The van der Waals surface area contributed by atoms with Gasteiger partial charge in [-0.05, 0) is 43.7 Å². The van der Waals surface area contributed by atoms with E-state index in [0.717, 1.165) is 29.7 Å². The SMILES string of the molecule is CCN(CC)c1nc(NCc2ccccc2)nc(Nc2ccc3ncccc3c2)n1. The summed E-state index contributed by atoms with van der Waals surface area (Å²) in [5.41, 5.74) is 3.02. The molecule has 7 nitrogen and oxygen atoms in total. The smallest absolute Gasteiger partial charge is 0.233 e. The predicted molar refractivity (Wildman–Crippen MR) is 122 cm³/mol. The highest BCUT2D eigenvalue weighted by molar-refractivity contribution is 5.82. The van der Waals surface area contributed by atoms with Crippen LogP contribution in [-0.4, -0.2) is 33.0 Å². The molecular formula is C23H25N7. The van der Waals surface area contributed by atoms with E-state index in [2.05, 4.69) is 61.4 Å². The number of aromatic nitrogens is 4. The first-order valence-corrected chi connectivity index (χ1v) is 10.2. The largest absolute Gasteiger partial charge is 0.350 e. The van der Waals surface area contributed by atoms with Gasteiger partial charge in [0.15, 0.2) is 0 Å². The van der Waals surface area contributed by atoms with Crippen LogP contribution < -0.4 is 15.5 Å². The molecule has 0 aliphatic rings. The molecule has 0 aliphatic carbocycles. The van der Waals surface area contributed by atoms with Crippen LogP contribution in [0.25, 0.3) is 10.9 Å². The first kappa shape index (κ1) is 19.6. The normalized spacial score (nSPS) is 10.7. The van der Waals surface area contributed by atoms with Gasteiger partial charge < -0.3 is 15.5 Å². The Kier molecular flexibility index (Phi) is 5.98. The molecule has 0 atom stereocenters. The molecule has 2 N–H and O–H groups in total. The van der Waals surface area contributed by atoms with E-state index >= 15 is 0 Å². The van der Waals surface area contributed by atoms with E-state index in [-0.39, 0.29) is 0 Å². The molecule has 30 heavy (non-hydrogen) atoms. The van der Waals surface area contributed by atoms with Crippen molar-refractivity contribution in [3.8, 4) is 0 Å². The topological polar surface area (TPSA) is 78.9 Å². The minimum atomic E-state index is 0.505. The Balaban J connectivity index is 1.62. The highest BCUT2D eigenvalue weighted by Gasteiger charge is 2.12. The molecule has 4 rings (SSSR count). The monoisotopic (exact) mass is 399 g/mol. The Morgan fingerprint density at radius 1 is 0.833 bits per heavy atom. The number of pyridine rings is 1. The Morgan fingerprint density at radius 2 is 1.63 bits per heavy atom. The van der Waals surface area contributed by atoms with Crippen LogP contribution in [0.15, 0.2) is 66.9 Å². The molecule has 0 saturated heterocycles. The van der Waals surface area contributed by atoms with Gasteiger partial charge in [0.05, 0.1) is 5.52 Å². The summed E-state index contributed by atoms with van der Waals surface area (Å²) in [5.74, 6) is 1.70. The second-order valence-electron chi connectivity index (χ2n) is 6.83. The minimum Gasteiger partial charge on any atom is -0.350 e. The molecule has 152 valence electrons. The number of anilines is 4. The lowest BCUT2D eigenvalue weighted by molar-refractivity contribution is 0.813. The standard InChI is InChI=1S/C23H25N7/c1-3-30(4-2)23-28-21(25-16-17-9-6-5-7-10-17)27-22(29-23)26-19-12-13-20-18(15-19)11-8-14-24-20/h5-15H,3-4,16H2,1-2H3,(H2,25,26,27,28,29). The lowest BCUT2D eigenvalue weighted by Gasteiger charge is -2.20. The fourth-order valence-corrected chi connectivity index (χ4v) is 3.21. The van der Waals surface area contributed by atoms with Crippen molar-refractivity contribution in [3.63, 3.8) is 0 Å². The third-order valence-electron chi connectivity index (χ3n) is 4.82. The van der Waals surface area contributed by atoms with Gasteiger partial charge in [0.25, 0.3) is 0 Å². The summed E-state index contributed by atoms with van der Waals surface area (Å²) in [7, 11) is 0. The molecule has 0 bridgehead atoms. The zero-order valence-corrected chi connectivity index (χ0v) is 17.2. The fraction of sp³-hybridized carbons (Fsp3) is 0.217. The third kappa shape index (κ3) is 4.63. The number of fused-ring (bicyclic) bond motifs is 1. The number of benzene rings is 2. The van der Waals surface area contributed by atoms with Gasteiger partial charge in [0.2, 0.25) is 17.8 Å². The number of nitrogens with one attached hydrogen (secondary N) is 2. The van der Waals surface area contributed by atoms with Crippen LogP contribution in [-0.2, 0) is 6.54 Å². The van der Waals surface area contributed by atoms with Gasteiger partial charge in [0, 0.05) is 36.9 Å². The Morgan fingerprint density at radius 3 is 2.43 bits per heavy atom. The molecule has 0 radical (unpaired) electrons. The Bertz CT molecular complexity index is 1110. The van der Waals surface area contributed by atoms with Crippen molar-refractivity contribution >= 4 is 34.4 Å². The van der Waals surface area contributed by atoms with Gasteiger partial charge >= 0.3 is 0 Å². The number of hydrogen-bond acceptors (Lipinski definition) is 7. The van der Waals surface area contributed by atoms with Crippen LogP contribution in [0.5, 0.6) is 0 Å². The summed E-state index contributed by atoms with van der Waals surface area (Å²) >= 11 is 0. The van der Waals surface area contributed by atoms with Crippen LogP contribution in [0.4, 0.5) is 23.5 Å². The summed E-state index contributed by atoms with van der Waals surface area (Å²) in [4.78, 5) is 20.3. The van der Waals surface area contributed by atoms with Crippen molar-refractivity contribution in [3.05, 3.63) is 72.4 Å². The van der Waals surface area contributed by atoms with Gasteiger partial charge in [0.1, 0.15) is 0 Å². The van der Waals surface area contributed by atoms with E-state index < -0.39 is 0 Å². The lowest BCUT2D eigenvalue weighted by Crippen LogP contribution is -2.25. The molecule has 2 heterocycles. The van der Waals surface area contributed by atoms with Crippen molar-refractivity contribution < 1.29 is 0 Å². The van der Waals surface area contributed by atoms with Gasteiger partial charge in [-0.1, -0.05) is 36.4 Å². The predicted octanol–water partition coefficient (Wildman–Crippen LogP) is 4.62. The van der Waals surface area contributed by atoms with Crippen molar-refractivity contribution in [1.29, 1.82) is 0 Å². The number of nitrogens with zero attached hydrogens (tertiary/aromatic N) is 5. The van der Waals surface area contributed by atoms with Gasteiger partial charge in [-0.2, -0.15) is 15.0 Å². The van der Waals surface area contributed by atoms with E-state index in [1.54, 1.807) is 6.20 Å². The molecule has 0 amide bonds.